The third-order valence-electron chi connectivity index (χ3n) is 3.17. The van der Waals surface area contributed by atoms with Crippen LogP contribution in [0.15, 0.2) is 47.1 Å². The SMILES string of the molecule is Cc1occc1C(=O)Nc1nc(-c2ccccc2)c(C)s1. The molecule has 2 aromatic heterocycles. The molecule has 3 rings (SSSR count). The fourth-order valence-corrected chi connectivity index (χ4v) is 2.93. The molecule has 4 nitrogen and oxygen atoms in total. The summed E-state index contributed by atoms with van der Waals surface area (Å²) in [6.07, 6.45) is 1.51. The highest BCUT2D eigenvalue weighted by Gasteiger charge is 2.15. The number of amides is 1. The normalized spacial score (nSPS) is 10.6. The fourth-order valence-electron chi connectivity index (χ4n) is 2.10. The number of hydrogen-bond donors (Lipinski definition) is 1. The molecule has 0 unspecified atom stereocenters. The molecule has 2 heterocycles. The van der Waals surface area contributed by atoms with Crippen LogP contribution in [0.25, 0.3) is 11.3 Å². The van der Waals surface area contributed by atoms with Crippen LogP contribution in [0.2, 0.25) is 0 Å². The smallest absolute Gasteiger partial charge is 0.260 e. The summed E-state index contributed by atoms with van der Waals surface area (Å²) >= 11 is 1.47. The molecule has 5 heteroatoms. The second kappa shape index (κ2) is 5.54. The number of benzene rings is 1. The predicted molar refractivity (Wildman–Crippen MR) is 83.7 cm³/mol. The van der Waals surface area contributed by atoms with Crippen LogP contribution in [0.5, 0.6) is 0 Å². The lowest BCUT2D eigenvalue weighted by Crippen LogP contribution is -2.11. The number of nitrogens with one attached hydrogen (secondary N) is 1. The summed E-state index contributed by atoms with van der Waals surface area (Å²) in [5.41, 5.74) is 2.48. The summed E-state index contributed by atoms with van der Waals surface area (Å²) in [5.74, 6) is 0.402. The molecular weight excluding hydrogens is 284 g/mol. The van der Waals surface area contributed by atoms with Crippen molar-refractivity contribution in [3.63, 3.8) is 0 Å². The number of carbonyl (C=O) groups is 1. The van der Waals surface area contributed by atoms with Crippen LogP contribution in [0, 0.1) is 13.8 Å². The molecule has 0 fully saturated rings. The number of nitrogens with zero attached hydrogens (tertiary/aromatic N) is 1. The Morgan fingerprint density at radius 2 is 1.95 bits per heavy atom. The van der Waals surface area contributed by atoms with E-state index < -0.39 is 0 Å². The quantitative estimate of drug-likeness (QED) is 0.785. The van der Waals surface area contributed by atoms with E-state index >= 15 is 0 Å². The van der Waals surface area contributed by atoms with Gasteiger partial charge in [-0.2, -0.15) is 0 Å². The van der Waals surface area contributed by atoms with Gasteiger partial charge in [0.1, 0.15) is 5.76 Å². The number of aromatic nitrogens is 1. The Labute approximate surface area is 126 Å². The molecule has 0 radical (unpaired) electrons. The molecule has 0 aliphatic rings. The number of thiazole rings is 1. The highest BCUT2D eigenvalue weighted by Crippen LogP contribution is 2.30. The van der Waals surface area contributed by atoms with E-state index in [0.29, 0.717) is 16.5 Å². The molecule has 0 aliphatic heterocycles. The van der Waals surface area contributed by atoms with Crippen molar-refractivity contribution in [3.8, 4) is 11.3 Å². The standard InChI is InChI=1S/C16H14N2O2S/c1-10-13(8-9-20-10)15(19)18-16-17-14(11(2)21-16)12-6-4-3-5-7-12/h3-9H,1-2H3,(H,17,18,19). The second-order valence-electron chi connectivity index (χ2n) is 4.63. The lowest BCUT2D eigenvalue weighted by atomic mass is 10.1. The molecule has 1 N–H and O–H groups in total. The Hall–Kier alpha value is -2.40. The molecule has 1 aromatic carbocycles. The van der Waals surface area contributed by atoms with E-state index in [0.717, 1.165) is 16.1 Å². The minimum Gasteiger partial charge on any atom is -0.469 e. The zero-order valence-corrected chi connectivity index (χ0v) is 12.5. The molecule has 0 spiro atoms. The Balaban J connectivity index is 1.85. The molecule has 3 aromatic rings. The third-order valence-corrected chi connectivity index (χ3v) is 4.05. The highest BCUT2D eigenvalue weighted by molar-refractivity contribution is 7.16. The van der Waals surface area contributed by atoms with Crippen molar-refractivity contribution in [2.24, 2.45) is 0 Å². The Kier molecular flexibility index (Phi) is 3.58. The number of furan rings is 1. The largest absolute Gasteiger partial charge is 0.469 e. The van der Waals surface area contributed by atoms with E-state index in [2.05, 4.69) is 10.3 Å². The van der Waals surface area contributed by atoms with Gasteiger partial charge in [-0.1, -0.05) is 30.3 Å². The molecule has 0 bridgehead atoms. The third kappa shape index (κ3) is 2.73. The summed E-state index contributed by atoms with van der Waals surface area (Å²) in [4.78, 5) is 17.7. The average Bonchev–Trinajstić information content (AvgIpc) is 3.06. The lowest BCUT2D eigenvalue weighted by Gasteiger charge is -1.99. The first-order chi connectivity index (χ1) is 10.1. The van der Waals surface area contributed by atoms with Crippen LogP contribution in [-0.4, -0.2) is 10.9 Å². The van der Waals surface area contributed by atoms with Crippen molar-refractivity contribution in [2.45, 2.75) is 13.8 Å². The number of hydrogen-bond acceptors (Lipinski definition) is 4. The van der Waals surface area contributed by atoms with Gasteiger partial charge in [-0.05, 0) is 19.9 Å². The molecule has 0 atom stereocenters. The van der Waals surface area contributed by atoms with Gasteiger partial charge in [0.05, 0.1) is 17.5 Å². The van der Waals surface area contributed by atoms with Crippen LogP contribution in [-0.2, 0) is 0 Å². The predicted octanol–water partition coefficient (Wildman–Crippen LogP) is 4.27. The average molecular weight is 298 g/mol. The molecular formula is C16H14N2O2S. The molecule has 0 saturated heterocycles. The Morgan fingerprint density at radius 3 is 2.62 bits per heavy atom. The Bertz CT molecular complexity index is 775. The molecule has 0 aliphatic carbocycles. The van der Waals surface area contributed by atoms with Crippen LogP contribution in [0.4, 0.5) is 5.13 Å². The first-order valence-corrected chi connectivity index (χ1v) is 7.35. The molecule has 1 amide bonds. The minimum absolute atomic E-state index is 0.199. The van der Waals surface area contributed by atoms with E-state index in [-0.39, 0.29) is 5.91 Å². The summed E-state index contributed by atoms with van der Waals surface area (Å²) in [5, 5.41) is 3.42. The van der Waals surface area contributed by atoms with Gasteiger partial charge in [-0.25, -0.2) is 4.98 Å². The van der Waals surface area contributed by atoms with E-state index in [1.165, 1.54) is 17.6 Å². The van der Waals surface area contributed by atoms with Gasteiger partial charge in [-0.3, -0.25) is 10.1 Å². The van der Waals surface area contributed by atoms with Gasteiger partial charge in [0.2, 0.25) is 0 Å². The lowest BCUT2D eigenvalue weighted by molar-refractivity contribution is 0.102. The summed E-state index contributed by atoms with van der Waals surface area (Å²) in [6, 6.07) is 11.6. The van der Waals surface area contributed by atoms with Gasteiger partial charge in [-0.15, -0.1) is 11.3 Å². The minimum atomic E-state index is -0.199. The zero-order chi connectivity index (χ0) is 14.8. The maximum atomic E-state index is 12.1. The van der Waals surface area contributed by atoms with E-state index in [1.807, 2.05) is 37.3 Å². The van der Waals surface area contributed by atoms with E-state index in [4.69, 9.17) is 4.42 Å². The van der Waals surface area contributed by atoms with Gasteiger partial charge < -0.3 is 4.42 Å². The Morgan fingerprint density at radius 1 is 1.19 bits per heavy atom. The van der Waals surface area contributed by atoms with Crippen molar-refractivity contribution in [2.75, 3.05) is 5.32 Å². The van der Waals surface area contributed by atoms with Crippen molar-refractivity contribution in [3.05, 3.63) is 58.9 Å². The van der Waals surface area contributed by atoms with Crippen molar-refractivity contribution in [1.29, 1.82) is 0 Å². The van der Waals surface area contributed by atoms with Gasteiger partial charge >= 0.3 is 0 Å². The van der Waals surface area contributed by atoms with Crippen molar-refractivity contribution in [1.82, 2.24) is 4.98 Å². The second-order valence-corrected chi connectivity index (χ2v) is 5.84. The number of anilines is 1. The maximum absolute atomic E-state index is 12.1. The number of carbonyl (C=O) groups excluding carboxylic acids is 1. The van der Waals surface area contributed by atoms with Crippen LogP contribution < -0.4 is 5.32 Å². The number of rotatable bonds is 3. The topological polar surface area (TPSA) is 55.1 Å². The van der Waals surface area contributed by atoms with Gasteiger partial charge in [0.25, 0.3) is 5.91 Å². The molecule has 21 heavy (non-hydrogen) atoms. The number of aryl methyl sites for hydroxylation is 2. The van der Waals surface area contributed by atoms with Crippen molar-refractivity contribution >= 4 is 22.4 Å². The van der Waals surface area contributed by atoms with E-state index in [1.54, 1.807) is 13.0 Å². The van der Waals surface area contributed by atoms with Gasteiger partial charge in [0.15, 0.2) is 5.13 Å². The van der Waals surface area contributed by atoms with Crippen molar-refractivity contribution < 1.29 is 9.21 Å². The first-order valence-electron chi connectivity index (χ1n) is 6.53. The summed E-state index contributed by atoms with van der Waals surface area (Å²) < 4.78 is 5.14. The maximum Gasteiger partial charge on any atom is 0.260 e. The van der Waals surface area contributed by atoms with Gasteiger partial charge in [0, 0.05) is 10.4 Å². The van der Waals surface area contributed by atoms with Crippen LogP contribution in [0.1, 0.15) is 21.0 Å². The molecule has 0 saturated carbocycles. The monoisotopic (exact) mass is 298 g/mol. The zero-order valence-electron chi connectivity index (χ0n) is 11.7. The summed E-state index contributed by atoms with van der Waals surface area (Å²) in [7, 11) is 0. The first kappa shape index (κ1) is 13.6. The summed E-state index contributed by atoms with van der Waals surface area (Å²) in [6.45, 7) is 3.76. The highest BCUT2D eigenvalue weighted by atomic mass is 32.1. The van der Waals surface area contributed by atoms with E-state index in [9.17, 15) is 4.79 Å². The molecule has 106 valence electrons. The van der Waals surface area contributed by atoms with Crippen LogP contribution in [0.3, 0.4) is 0 Å². The van der Waals surface area contributed by atoms with Crippen LogP contribution >= 0.6 is 11.3 Å². The fraction of sp³-hybridized carbons (Fsp3) is 0.125.